The van der Waals surface area contributed by atoms with Crippen LogP contribution in [0.3, 0.4) is 0 Å². The average Bonchev–Trinajstić information content (AvgIpc) is 2.38. The molecule has 0 bridgehead atoms. The Morgan fingerprint density at radius 2 is 1.95 bits per heavy atom. The lowest BCUT2D eigenvalue weighted by atomic mass is 10.2. The molecular weight excluding hydrogens is 252 g/mol. The Morgan fingerprint density at radius 3 is 2.53 bits per heavy atom. The highest BCUT2D eigenvalue weighted by atomic mass is 16.6. The minimum atomic E-state index is -0.459. The number of phenolic OH excluding ortho intramolecular Hbond substituents is 1. The van der Waals surface area contributed by atoms with E-state index >= 15 is 0 Å². The van der Waals surface area contributed by atoms with Crippen LogP contribution >= 0.6 is 0 Å². The van der Waals surface area contributed by atoms with E-state index in [1.807, 2.05) is 0 Å². The minimum absolute atomic E-state index is 0.0382. The van der Waals surface area contributed by atoms with Crippen LogP contribution in [0.2, 0.25) is 0 Å². The molecule has 0 amide bonds. The van der Waals surface area contributed by atoms with E-state index in [0.717, 1.165) is 0 Å². The number of carbonyl (C=O) groups excluding carboxylic acids is 1. The fraction of sp³-hybridized carbons (Fsp3) is 0.462. The standard InChI is InChI=1S/C13H18O6/c1-17-9-7-10(15)13(18-2)11(8-9)19-12(16)5-3-4-6-14/h7-8,14-15H,3-6H2,1-2H3. The summed E-state index contributed by atoms with van der Waals surface area (Å²) in [7, 11) is 2.80. The van der Waals surface area contributed by atoms with E-state index in [2.05, 4.69) is 0 Å². The second-order valence-corrected chi connectivity index (χ2v) is 3.83. The van der Waals surface area contributed by atoms with Gasteiger partial charge in [-0.15, -0.1) is 0 Å². The van der Waals surface area contributed by atoms with E-state index in [1.54, 1.807) is 0 Å². The fourth-order valence-electron chi connectivity index (χ4n) is 1.52. The number of carbonyl (C=O) groups is 1. The zero-order chi connectivity index (χ0) is 14.3. The van der Waals surface area contributed by atoms with Crippen molar-refractivity contribution in [3.05, 3.63) is 12.1 Å². The maximum absolute atomic E-state index is 11.6. The molecule has 0 spiro atoms. The highest BCUT2D eigenvalue weighted by Gasteiger charge is 2.16. The van der Waals surface area contributed by atoms with Gasteiger partial charge >= 0.3 is 5.97 Å². The molecule has 0 unspecified atom stereocenters. The lowest BCUT2D eigenvalue weighted by Gasteiger charge is -2.12. The number of ether oxygens (including phenoxy) is 3. The van der Waals surface area contributed by atoms with Gasteiger partial charge in [0.25, 0.3) is 0 Å². The summed E-state index contributed by atoms with van der Waals surface area (Å²) in [4.78, 5) is 11.6. The Labute approximate surface area is 111 Å². The number of phenols is 1. The third-order valence-corrected chi connectivity index (χ3v) is 2.46. The maximum Gasteiger partial charge on any atom is 0.311 e. The summed E-state index contributed by atoms with van der Waals surface area (Å²) < 4.78 is 15.1. The van der Waals surface area contributed by atoms with Crippen molar-refractivity contribution in [1.82, 2.24) is 0 Å². The molecule has 0 aromatic heterocycles. The molecule has 106 valence electrons. The molecule has 0 aliphatic heterocycles. The van der Waals surface area contributed by atoms with Gasteiger partial charge in [0.1, 0.15) is 5.75 Å². The molecule has 0 heterocycles. The molecule has 1 aromatic carbocycles. The van der Waals surface area contributed by atoms with Crippen molar-refractivity contribution in [3.63, 3.8) is 0 Å². The second-order valence-electron chi connectivity index (χ2n) is 3.83. The van der Waals surface area contributed by atoms with Crippen LogP contribution in [0.25, 0.3) is 0 Å². The maximum atomic E-state index is 11.6. The van der Waals surface area contributed by atoms with E-state index in [-0.39, 0.29) is 30.3 Å². The lowest BCUT2D eigenvalue weighted by Crippen LogP contribution is -2.09. The normalized spacial score (nSPS) is 10.1. The van der Waals surface area contributed by atoms with Crippen LogP contribution in [0.5, 0.6) is 23.0 Å². The third-order valence-electron chi connectivity index (χ3n) is 2.46. The highest BCUT2D eigenvalue weighted by molar-refractivity contribution is 5.74. The van der Waals surface area contributed by atoms with Crippen LogP contribution in [0.1, 0.15) is 19.3 Å². The zero-order valence-electron chi connectivity index (χ0n) is 11.0. The summed E-state index contributed by atoms with van der Waals surface area (Å²) in [6, 6.07) is 2.82. The average molecular weight is 270 g/mol. The van der Waals surface area contributed by atoms with Crippen LogP contribution in [-0.2, 0) is 4.79 Å². The van der Waals surface area contributed by atoms with Crippen molar-refractivity contribution in [3.8, 4) is 23.0 Å². The molecule has 19 heavy (non-hydrogen) atoms. The quantitative estimate of drug-likeness (QED) is 0.443. The van der Waals surface area contributed by atoms with E-state index in [1.165, 1.54) is 26.4 Å². The van der Waals surface area contributed by atoms with Crippen molar-refractivity contribution in [2.75, 3.05) is 20.8 Å². The van der Waals surface area contributed by atoms with Crippen LogP contribution in [0, 0.1) is 0 Å². The Morgan fingerprint density at radius 1 is 1.21 bits per heavy atom. The van der Waals surface area contributed by atoms with Gasteiger partial charge in [-0.3, -0.25) is 4.79 Å². The van der Waals surface area contributed by atoms with Crippen LogP contribution in [-0.4, -0.2) is 37.0 Å². The molecule has 6 heteroatoms. The second kappa shape index (κ2) is 7.48. The zero-order valence-corrected chi connectivity index (χ0v) is 11.0. The number of methoxy groups -OCH3 is 2. The molecule has 0 aliphatic rings. The summed E-state index contributed by atoms with van der Waals surface area (Å²) in [6.45, 7) is 0.0382. The summed E-state index contributed by atoms with van der Waals surface area (Å²) in [5, 5.41) is 18.3. The number of rotatable bonds is 7. The molecule has 0 aliphatic carbocycles. The number of hydrogen-bond donors (Lipinski definition) is 2. The van der Waals surface area contributed by atoms with Crippen LogP contribution in [0.4, 0.5) is 0 Å². The summed E-state index contributed by atoms with van der Waals surface area (Å²) in [5.74, 6) is -0.0828. The van der Waals surface area contributed by atoms with E-state index < -0.39 is 5.97 Å². The van der Waals surface area contributed by atoms with E-state index in [0.29, 0.717) is 18.6 Å². The minimum Gasteiger partial charge on any atom is -0.504 e. The van der Waals surface area contributed by atoms with Gasteiger partial charge < -0.3 is 24.4 Å². The van der Waals surface area contributed by atoms with Gasteiger partial charge in [0, 0.05) is 25.2 Å². The van der Waals surface area contributed by atoms with Gasteiger partial charge in [-0.05, 0) is 12.8 Å². The SMILES string of the molecule is COc1cc(O)c(OC)c(OC(=O)CCCCO)c1. The summed E-state index contributed by atoms with van der Waals surface area (Å²) >= 11 is 0. The largest absolute Gasteiger partial charge is 0.504 e. The number of benzene rings is 1. The number of aliphatic hydroxyl groups excluding tert-OH is 1. The molecular formula is C13H18O6. The molecule has 1 aromatic rings. The predicted molar refractivity (Wildman–Crippen MR) is 67.8 cm³/mol. The molecule has 0 saturated carbocycles. The molecule has 0 radical (unpaired) electrons. The predicted octanol–water partition coefficient (Wildman–Crippen LogP) is 1.48. The summed E-state index contributed by atoms with van der Waals surface area (Å²) in [6.07, 6.45) is 1.25. The van der Waals surface area contributed by atoms with Crippen molar-refractivity contribution in [1.29, 1.82) is 0 Å². The Bertz CT molecular complexity index is 429. The Balaban J connectivity index is 2.80. The topological polar surface area (TPSA) is 85.2 Å². The van der Waals surface area contributed by atoms with E-state index in [9.17, 15) is 9.90 Å². The number of esters is 1. The first-order valence-electron chi connectivity index (χ1n) is 5.89. The molecule has 0 atom stereocenters. The van der Waals surface area contributed by atoms with Gasteiger partial charge in [0.2, 0.25) is 5.75 Å². The Hall–Kier alpha value is -1.95. The first-order chi connectivity index (χ1) is 9.12. The van der Waals surface area contributed by atoms with Gasteiger partial charge in [-0.1, -0.05) is 0 Å². The highest BCUT2D eigenvalue weighted by Crippen LogP contribution is 2.40. The Kier molecular flexibility index (Phi) is 5.95. The number of aliphatic hydroxyl groups is 1. The van der Waals surface area contributed by atoms with Gasteiger partial charge in [-0.2, -0.15) is 0 Å². The molecule has 1 rings (SSSR count). The first kappa shape index (κ1) is 15.1. The van der Waals surface area contributed by atoms with Crippen molar-refractivity contribution in [2.45, 2.75) is 19.3 Å². The fourth-order valence-corrected chi connectivity index (χ4v) is 1.52. The van der Waals surface area contributed by atoms with Gasteiger partial charge in [0.15, 0.2) is 11.5 Å². The third kappa shape index (κ3) is 4.33. The molecule has 2 N–H and O–H groups in total. The smallest absolute Gasteiger partial charge is 0.311 e. The van der Waals surface area contributed by atoms with Crippen molar-refractivity contribution < 1.29 is 29.2 Å². The van der Waals surface area contributed by atoms with E-state index in [4.69, 9.17) is 19.3 Å². The molecule has 6 nitrogen and oxygen atoms in total. The van der Waals surface area contributed by atoms with Gasteiger partial charge in [0.05, 0.1) is 14.2 Å². The number of aromatic hydroxyl groups is 1. The van der Waals surface area contributed by atoms with Crippen LogP contribution < -0.4 is 14.2 Å². The molecule has 0 saturated heterocycles. The van der Waals surface area contributed by atoms with Crippen LogP contribution in [0.15, 0.2) is 12.1 Å². The van der Waals surface area contributed by atoms with Crippen molar-refractivity contribution >= 4 is 5.97 Å². The van der Waals surface area contributed by atoms with Gasteiger partial charge in [-0.25, -0.2) is 0 Å². The van der Waals surface area contributed by atoms with Crippen molar-refractivity contribution in [2.24, 2.45) is 0 Å². The molecule has 0 fully saturated rings. The number of unbranched alkanes of at least 4 members (excludes halogenated alkanes) is 1. The summed E-state index contributed by atoms with van der Waals surface area (Å²) in [5.41, 5.74) is 0. The number of hydrogen-bond acceptors (Lipinski definition) is 6. The monoisotopic (exact) mass is 270 g/mol. The lowest BCUT2D eigenvalue weighted by molar-refractivity contribution is -0.134. The first-order valence-corrected chi connectivity index (χ1v) is 5.89.